The summed E-state index contributed by atoms with van der Waals surface area (Å²) in [6, 6.07) is 9.00. The molecule has 0 aliphatic heterocycles. The number of hydrogen-bond donors (Lipinski definition) is 2. The molecule has 0 radical (unpaired) electrons. The Morgan fingerprint density at radius 2 is 0.964 bits per heavy atom. The molecule has 28 heavy (non-hydrogen) atoms. The summed E-state index contributed by atoms with van der Waals surface area (Å²) in [5.41, 5.74) is 0.768. The van der Waals surface area contributed by atoms with Crippen molar-refractivity contribution in [2.45, 2.75) is 37.8 Å². The van der Waals surface area contributed by atoms with Gasteiger partial charge in [-0.3, -0.25) is 9.59 Å². The van der Waals surface area contributed by atoms with Gasteiger partial charge in [0.25, 0.3) is 11.8 Å². The number of hydrogen-bond acceptors (Lipinski definition) is 2. The molecule has 2 atom stereocenters. The van der Waals surface area contributed by atoms with Gasteiger partial charge < -0.3 is 10.6 Å². The van der Waals surface area contributed by atoms with Crippen molar-refractivity contribution in [3.63, 3.8) is 0 Å². The molecule has 3 rings (SSSR count). The van der Waals surface area contributed by atoms with Crippen molar-refractivity contribution in [2.75, 3.05) is 0 Å². The van der Waals surface area contributed by atoms with E-state index in [1.54, 1.807) is 36.4 Å². The number of carbonyl (C=O) groups is 2. The molecular formula is C20H18Cl4N2O2. The second-order valence-corrected chi connectivity index (χ2v) is 8.51. The van der Waals surface area contributed by atoms with Crippen LogP contribution in [0.15, 0.2) is 36.4 Å². The molecule has 0 saturated heterocycles. The molecule has 2 N–H and O–H groups in total. The van der Waals surface area contributed by atoms with E-state index in [4.69, 9.17) is 46.4 Å². The second kappa shape index (κ2) is 9.36. The van der Waals surface area contributed by atoms with Gasteiger partial charge in [0.15, 0.2) is 0 Å². The Bertz CT molecular complexity index is 790. The van der Waals surface area contributed by atoms with Gasteiger partial charge in [0.1, 0.15) is 0 Å². The molecule has 8 heteroatoms. The fraction of sp³-hybridized carbons (Fsp3) is 0.300. The molecule has 148 valence electrons. The average Bonchev–Trinajstić information content (AvgIpc) is 2.61. The van der Waals surface area contributed by atoms with Crippen LogP contribution in [0.5, 0.6) is 0 Å². The van der Waals surface area contributed by atoms with Crippen LogP contribution in [0.25, 0.3) is 0 Å². The maximum atomic E-state index is 12.6. The molecule has 4 nitrogen and oxygen atoms in total. The number of amides is 2. The lowest BCUT2D eigenvalue weighted by Crippen LogP contribution is -2.53. The molecule has 1 fully saturated rings. The minimum absolute atomic E-state index is 0.197. The van der Waals surface area contributed by atoms with Crippen LogP contribution in [0.4, 0.5) is 0 Å². The Balaban J connectivity index is 1.71. The van der Waals surface area contributed by atoms with Crippen molar-refractivity contribution in [1.82, 2.24) is 10.6 Å². The first kappa shape index (κ1) is 21.3. The molecule has 2 aromatic carbocycles. The number of rotatable bonds is 4. The predicted octanol–water partition coefficient (Wildman–Crippen LogP) is 5.77. The van der Waals surface area contributed by atoms with E-state index in [2.05, 4.69) is 10.6 Å². The third-order valence-electron chi connectivity index (χ3n) is 4.65. The third-order valence-corrected chi connectivity index (χ3v) is 5.52. The smallest absolute Gasteiger partial charge is 0.251 e. The first-order valence-electron chi connectivity index (χ1n) is 8.86. The maximum absolute atomic E-state index is 12.6. The highest BCUT2D eigenvalue weighted by Crippen LogP contribution is 2.23. The van der Waals surface area contributed by atoms with Crippen molar-refractivity contribution in [3.8, 4) is 0 Å². The van der Waals surface area contributed by atoms with E-state index in [1.807, 2.05) is 0 Å². The summed E-state index contributed by atoms with van der Waals surface area (Å²) in [4.78, 5) is 25.3. The van der Waals surface area contributed by atoms with Crippen LogP contribution < -0.4 is 10.6 Å². The lowest BCUT2D eigenvalue weighted by Gasteiger charge is -2.33. The molecule has 0 bridgehead atoms. The van der Waals surface area contributed by atoms with Gasteiger partial charge in [-0.25, -0.2) is 0 Å². The molecule has 2 unspecified atom stereocenters. The zero-order valence-corrected chi connectivity index (χ0v) is 17.8. The van der Waals surface area contributed by atoms with Gasteiger partial charge in [-0.15, -0.1) is 0 Å². The van der Waals surface area contributed by atoms with Crippen LogP contribution >= 0.6 is 46.4 Å². The molecule has 2 aromatic rings. The first-order valence-corrected chi connectivity index (χ1v) is 10.4. The number of benzene rings is 2. The molecule has 2 amide bonds. The highest BCUT2D eigenvalue weighted by molar-refractivity contribution is 6.35. The molecule has 0 heterocycles. The summed E-state index contributed by atoms with van der Waals surface area (Å²) in [6.45, 7) is 0. The van der Waals surface area contributed by atoms with Gasteiger partial charge in [-0.05, 0) is 49.2 Å². The predicted molar refractivity (Wildman–Crippen MR) is 114 cm³/mol. The quantitative estimate of drug-likeness (QED) is 0.609. The van der Waals surface area contributed by atoms with Gasteiger partial charge in [0.2, 0.25) is 0 Å². The van der Waals surface area contributed by atoms with Crippen LogP contribution in [0.2, 0.25) is 20.1 Å². The zero-order chi connectivity index (χ0) is 20.3. The summed E-state index contributed by atoms with van der Waals surface area (Å²) in [7, 11) is 0. The van der Waals surface area contributed by atoms with Gasteiger partial charge in [0, 0.05) is 43.3 Å². The van der Waals surface area contributed by atoms with Gasteiger partial charge in [-0.2, -0.15) is 0 Å². The molecule has 0 spiro atoms. The largest absolute Gasteiger partial charge is 0.347 e. The Hall–Kier alpha value is -1.46. The molecule has 1 aliphatic carbocycles. The lowest BCUT2D eigenvalue weighted by atomic mass is 9.89. The van der Waals surface area contributed by atoms with Crippen molar-refractivity contribution in [2.24, 2.45) is 0 Å². The molecule has 1 saturated carbocycles. The average molecular weight is 460 g/mol. The summed E-state index contributed by atoms with van der Waals surface area (Å²) >= 11 is 23.9. The summed E-state index contributed by atoms with van der Waals surface area (Å²) < 4.78 is 0. The minimum atomic E-state index is -0.277. The van der Waals surface area contributed by atoms with Crippen LogP contribution in [0.3, 0.4) is 0 Å². The number of carbonyl (C=O) groups excluding carboxylic acids is 2. The highest BCUT2D eigenvalue weighted by atomic mass is 35.5. The van der Waals surface area contributed by atoms with E-state index in [-0.39, 0.29) is 23.9 Å². The SMILES string of the molecule is O=C(NC1CCCCC1NC(=O)c1cc(Cl)cc(Cl)c1)c1cc(Cl)cc(Cl)c1. The van der Waals surface area contributed by atoms with Crippen LogP contribution in [-0.2, 0) is 0 Å². The fourth-order valence-corrected chi connectivity index (χ4v) is 4.40. The van der Waals surface area contributed by atoms with E-state index in [9.17, 15) is 9.59 Å². The van der Waals surface area contributed by atoms with E-state index < -0.39 is 0 Å². The minimum Gasteiger partial charge on any atom is -0.347 e. The summed E-state index contributed by atoms with van der Waals surface area (Å²) in [5, 5.41) is 7.56. The van der Waals surface area contributed by atoms with Crippen LogP contribution in [0, 0.1) is 0 Å². The van der Waals surface area contributed by atoms with Gasteiger partial charge in [0.05, 0.1) is 0 Å². The fourth-order valence-electron chi connectivity index (χ4n) is 3.35. The van der Waals surface area contributed by atoms with E-state index in [0.717, 1.165) is 25.7 Å². The van der Waals surface area contributed by atoms with Crippen LogP contribution in [-0.4, -0.2) is 23.9 Å². The highest BCUT2D eigenvalue weighted by Gasteiger charge is 2.28. The topological polar surface area (TPSA) is 58.2 Å². The van der Waals surface area contributed by atoms with Crippen molar-refractivity contribution < 1.29 is 9.59 Å². The molecular weight excluding hydrogens is 442 g/mol. The van der Waals surface area contributed by atoms with Crippen molar-refractivity contribution in [3.05, 3.63) is 67.6 Å². The Kier molecular flexibility index (Phi) is 7.10. The number of nitrogens with one attached hydrogen (secondary N) is 2. The normalized spacial score (nSPS) is 19.1. The Morgan fingerprint density at radius 1 is 0.643 bits per heavy atom. The van der Waals surface area contributed by atoms with Gasteiger partial charge in [-0.1, -0.05) is 59.2 Å². The zero-order valence-electron chi connectivity index (χ0n) is 14.8. The van der Waals surface area contributed by atoms with Crippen LogP contribution in [0.1, 0.15) is 46.4 Å². The maximum Gasteiger partial charge on any atom is 0.251 e. The Morgan fingerprint density at radius 3 is 1.29 bits per heavy atom. The van der Waals surface area contributed by atoms with Crippen molar-refractivity contribution in [1.29, 1.82) is 0 Å². The standard InChI is InChI=1S/C20H18Cl4N2O2/c21-13-5-11(6-14(22)9-13)19(27)25-17-3-1-2-4-18(17)26-20(28)12-7-15(23)10-16(24)8-12/h5-10,17-18H,1-4H2,(H,25,27)(H,26,28). The van der Waals surface area contributed by atoms with Crippen molar-refractivity contribution >= 4 is 58.2 Å². The first-order chi connectivity index (χ1) is 13.3. The lowest BCUT2D eigenvalue weighted by molar-refractivity contribution is 0.0863. The molecule has 1 aliphatic rings. The van der Waals surface area contributed by atoms with E-state index in [0.29, 0.717) is 31.2 Å². The monoisotopic (exact) mass is 458 g/mol. The number of halogens is 4. The third kappa shape index (κ3) is 5.54. The Labute approximate surface area is 183 Å². The summed E-state index contributed by atoms with van der Waals surface area (Å²) in [5.74, 6) is -0.553. The van der Waals surface area contributed by atoms with E-state index in [1.165, 1.54) is 0 Å². The second-order valence-electron chi connectivity index (χ2n) is 6.76. The van der Waals surface area contributed by atoms with Gasteiger partial charge >= 0.3 is 0 Å². The molecule has 0 aromatic heterocycles. The summed E-state index contributed by atoms with van der Waals surface area (Å²) in [6.07, 6.45) is 3.47. The van der Waals surface area contributed by atoms with E-state index >= 15 is 0 Å².